The van der Waals surface area contributed by atoms with Crippen molar-refractivity contribution in [2.24, 2.45) is 17.2 Å². The molecule has 7 N–H and O–H groups in total. The highest BCUT2D eigenvalue weighted by molar-refractivity contribution is 6.26. The summed E-state index contributed by atoms with van der Waals surface area (Å²) in [7, 11) is 0. The lowest BCUT2D eigenvalue weighted by atomic mass is 9.89. The number of aromatic nitrogens is 1. The predicted molar refractivity (Wildman–Crippen MR) is 77.3 cm³/mol. The highest BCUT2D eigenvalue weighted by Crippen LogP contribution is 2.39. The van der Waals surface area contributed by atoms with Crippen molar-refractivity contribution in [1.29, 1.82) is 0 Å². The maximum absolute atomic E-state index is 12.5. The van der Waals surface area contributed by atoms with Gasteiger partial charge in [0.15, 0.2) is 0 Å². The van der Waals surface area contributed by atoms with Crippen LogP contribution >= 0.6 is 0 Å². The van der Waals surface area contributed by atoms with Crippen LogP contribution in [0.1, 0.15) is 45.1 Å². The molecule has 23 heavy (non-hydrogen) atoms. The monoisotopic (exact) mass is 320 g/mol. The van der Waals surface area contributed by atoms with Crippen LogP contribution in [-0.2, 0) is 17.9 Å². The van der Waals surface area contributed by atoms with Crippen molar-refractivity contribution in [3.63, 3.8) is 0 Å². The van der Waals surface area contributed by atoms with Crippen molar-refractivity contribution in [2.75, 3.05) is 0 Å². The fourth-order valence-electron chi connectivity index (χ4n) is 3.11. The SMILES string of the molecule is CC1=C(N)C(=O)c2c(COC(N)=O)c3n(c2C1=O)C[C@@H](N)[C@@H]3O. The first-order valence-corrected chi connectivity index (χ1v) is 6.92. The third-order valence-corrected chi connectivity index (χ3v) is 4.28. The zero-order chi connectivity index (χ0) is 17.0. The van der Waals surface area contributed by atoms with Crippen LogP contribution < -0.4 is 17.2 Å². The number of hydrogen-bond acceptors (Lipinski definition) is 7. The fourth-order valence-corrected chi connectivity index (χ4v) is 3.11. The van der Waals surface area contributed by atoms with Crippen molar-refractivity contribution in [3.05, 3.63) is 33.8 Å². The van der Waals surface area contributed by atoms with E-state index in [1.165, 1.54) is 11.5 Å². The highest BCUT2D eigenvalue weighted by Gasteiger charge is 2.43. The van der Waals surface area contributed by atoms with E-state index in [2.05, 4.69) is 0 Å². The number of nitrogens with zero attached hydrogens (tertiary/aromatic N) is 1. The molecule has 0 bridgehead atoms. The topological polar surface area (TPSA) is 164 Å². The van der Waals surface area contributed by atoms with Crippen LogP contribution in [0.2, 0.25) is 0 Å². The summed E-state index contributed by atoms with van der Waals surface area (Å²) in [6, 6.07) is -0.630. The van der Waals surface area contributed by atoms with Gasteiger partial charge in [-0.3, -0.25) is 9.59 Å². The zero-order valence-electron chi connectivity index (χ0n) is 12.3. The standard InChI is InChI=1S/C14H16N4O5/c1-4-8(16)13(21)7-5(3-23-14(17)22)9-12(20)6(15)2-18(9)10(7)11(4)19/h6,12,20H,2-3,15-16H2,1H3,(H2,17,22)/t6-,12+/m1/s1. The molecule has 2 heterocycles. The molecule has 0 fully saturated rings. The van der Waals surface area contributed by atoms with Crippen LogP contribution in [0.25, 0.3) is 0 Å². The molecule has 9 heteroatoms. The van der Waals surface area contributed by atoms with E-state index in [9.17, 15) is 19.5 Å². The summed E-state index contributed by atoms with van der Waals surface area (Å²) in [6.45, 7) is 1.28. The number of aliphatic hydroxyl groups is 1. The van der Waals surface area contributed by atoms with Crippen LogP contribution in [0.15, 0.2) is 11.3 Å². The molecular formula is C14H16N4O5. The summed E-state index contributed by atoms with van der Waals surface area (Å²) in [5.74, 6) is -0.951. The Balaban J connectivity index is 2.25. The third kappa shape index (κ3) is 1.97. The van der Waals surface area contributed by atoms with Crippen molar-refractivity contribution in [2.45, 2.75) is 32.2 Å². The number of rotatable bonds is 2. The summed E-state index contributed by atoms with van der Waals surface area (Å²) in [4.78, 5) is 35.9. The molecule has 1 aromatic rings. The van der Waals surface area contributed by atoms with Crippen LogP contribution in [0, 0.1) is 0 Å². The molecule has 2 aliphatic rings. The minimum atomic E-state index is -1.09. The molecule has 3 rings (SSSR count). The molecular weight excluding hydrogens is 304 g/mol. The second-order valence-electron chi connectivity index (χ2n) is 5.61. The van der Waals surface area contributed by atoms with Gasteiger partial charge in [-0.1, -0.05) is 0 Å². The predicted octanol–water partition coefficient (Wildman–Crippen LogP) is -0.931. The largest absolute Gasteiger partial charge is 0.445 e. The number of amides is 1. The van der Waals surface area contributed by atoms with Crippen molar-refractivity contribution in [1.82, 2.24) is 4.57 Å². The van der Waals surface area contributed by atoms with E-state index in [0.717, 1.165) is 0 Å². The normalized spacial score (nSPS) is 23.1. The van der Waals surface area contributed by atoms with E-state index >= 15 is 0 Å². The maximum atomic E-state index is 12.5. The molecule has 9 nitrogen and oxygen atoms in total. The Morgan fingerprint density at radius 3 is 2.65 bits per heavy atom. The Kier molecular flexibility index (Phi) is 3.27. The van der Waals surface area contributed by atoms with E-state index in [0.29, 0.717) is 0 Å². The van der Waals surface area contributed by atoms with Gasteiger partial charge in [-0.25, -0.2) is 4.79 Å². The smallest absolute Gasteiger partial charge is 0.404 e. The molecule has 0 radical (unpaired) electrons. The number of ether oxygens (including phenoxy) is 1. The van der Waals surface area contributed by atoms with Gasteiger partial charge < -0.3 is 31.6 Å². The van der Waals surface area contributed by atoms with Crippen molar-refractivity contribution in [3.8, 4) is 0 Å². The van der Waals surface area contributed by atoms with Gasteiger partial charge in [0, 0.05) is 17.7 Å². The maximum Gasteiger partial charge on any atom is 0.404 e. The summed E-state index contributed by atoms with van der Waals surface area (Å²) < 4.78 is 6.26. The number of carbonyl (C=O) groups excluding carboxylic acids is 3. The van der Waals surface area contributed by atoms with Gasteiger partial charge >= 0.3 is 6.09 Å². The fraction of sp³-hybridized carbons (Fsp3) is 0.357. The Morgan fingerprint density at radius 2 is 2.04 bits per heavy atom. The Bertz CT molecular complexity index is 792. The van der Waals surface area contributed by atoms with Crippen LogP contribution in [0.5, 0.6) is 0 Å². The van der Waals surface area contributed by atoms with E-state index in [4.69, 9.17) is 21.9 Å². The zero-order valence-corrected chi connectivity index (χ0v) is 12.3. The summed E-state index contributed by atoms with van der Waals surface area (Å²) >= 11 is 0. The Hall–Kier alpha value is -2.65. The van der Waals surface area contributed by atoms with E-state index in [-0.39, 0.29) is 46.9 Å². The Labute approximate surface area is 130 Å². The molecule has 0 spiro atoms. The lowest BCUT2D eigenvalue weighted by molar-refractivity contribution is 0.0964. The summed E-state index contributed by atoms with van der Waals surface area (Å²) in [5, 5.41) is 10.3. The third-order valence-electron chi connectivity index (χ3n) is 4.28. The first-order valence-electron chi connectivity index (χ1n) is 6.92. The molecule has 0 saturated heterocycles. The summed E-state index contributed by atoms with van der Waals surface area (Å²) in [6.07, 6.45) is -2.13. The van der Waals surface area contributed by atoms with Gasteiger partial charge in [0.25, 0.3) is 0 Å². The number of primary amides is 1. The molecule has 1 aliphatic carbocycles. The molecule has 2 atom stereocenters. The number of allylic oxidation sites excluding steroid dienone is 2. The second-order valence-corrected chi connectivity index (χ2v) is 5.61. The number of carbonyl (C=O) groups is 3. The Morgan fingerprint density at radius 1 is 1.39 bits per heavy atom. The molecule has 0 saturated carbocycles. The number of hydrogen-bond donors (Lipinski definition) is 4. The average Bonchev–Trinajstić information content (AvgIpc) is 2.96. The molecule has 1 amide bonds. The van der Waals surface area contributed by atoms with Gasteiger partial charge in [-0.15, -0.1) is 0 Å². The number of nitrogens with two attached hydrogens (primary N) is 3. The van der Waals surface area contributed by atoms with Gasteiger partial charge in [-0.05, 0) is 6.92 Å². The summed E-state index contributed by atoms with van der Waals surface area (Å²) in [5.41, 5.74) is 17.2. The first-order chi connectivity index (χ1) is 10.8. The van der Waals surface area contributed by atoms with Crippen molar-refractivity contribution >= 4 is 17.7 Å². The molecule has 1 aromatic heterocycles. The lowest BCUT2D eigenvalue weighted by Crippen LogP contribution is -2.30. The van der Waals surface area contributed by atoms with Gasteiger partial charge in [0.2, 0.25) is 11.6 Å². The van der Waals surface area contributed by atoms with Crippen LogP contribution in [-0.4, -0.2) is 33.4 Å². The number of ketones is 2. The van der Waals surface area contributed by atoms with E-state index in [1.54, 1.807) is 0 Å². The average molecular weight is 320 g/mol. The highest BCUT2D eigenvalue weighted by atomic mass is 16.5. The van der Waals surface area contributed by atoms with Gasteiger partial charge in [-0.2, -0.15) is 0 Å². The van der Waals surface area contributed by atoms with Crippen LogP contribution in [0.4, 0.5) is 4.79 Å². The minimum Gasteiger partial charge on any atom is -0.445 e. The van der Waals surface area contributed by atoms with E-state index in [1.807, 2.05) is 0 Å². The van der Waals surface area contributed by atoms with Gasteiger partial charge in [0.05, 0.1) is 23.0 Å². The molecule has 0 aromatic carbocycles. The van der Waals surface area contributed by atoms with Crippen molar-refractivity contribution < 1.29 is 24.2 Å². The minimum absolute atomic E-state index is 0.0419. The first kappa shape index (κ1) is 15.3. The quantitative estimate of drug-likeness (QED) is 0.546. The van der Waals surface area contributed by atoms with Gasteiger partial charge in [0.1, 0.15) is 18.4 Å². The van der Waals surface area contributed by atoms with E-state index < -0.39 is 29.8 Å². The lowest BCUT2D eigenvalue weighted by Gasteiger charge is -2.17. The molecule has 1 aliphatic heterocycles. The molecule has 122 valence electrons. The molecule has 0 unspecified atom stereocenters. The second kappa shape index (κ2) is 4.93. The number of fused-ring (bicyclic) bond motifs is 3. The number of Topliss-reactive ketones (excluding diaryl/α,β-unsaturated/α-hetero) is 2. The van der Waals surface area contributed by atoms with Crippen LogP contribution in [0.3, 0.4) is 0 Å². The number of aliphatic hydroxyl groups excluding tert-OH is 1.